The molecule has 1 aliphatic carbocycles. The van der Waals surface area contributed by atoms with E-state index in [1.807, 2.05) is 0 Å². The van der Waals surface area contributed by atoms with Crippen molar-refractivity contribution in [1.82, 2.24) is 9.05 Å². The second kappa shape index (κ2) is 6.74. The molecule has 11 rings (SSSR count). The van der Waals surface area contributed by atoms with E-state index in [1.165, 1.54) is 88.3 Å². The molecule has 0 radical (unpaired) electrons. The van der Waals surface area contributed by atoms with Crippen LogP contribution in [0, 0.1) is 6.92 Å². The molecule has 0 atom stereocenters. The van der Waals surface area contributed by atoms with Gasteiger partial charge in [0.1, 0.15) is 5.58 Å². The molecule has 0 saturated heterocycles. The average Bonchev–Trinajstić information content (AvgIpc) is 3.70. The van der Waals surface area contributed by atoms with Crippen molar-refractivity contribution in [2.75, 3.05) is 0 Å². The quantitative estimate of drug-likeness (QED) is 0.180. The summed E-state index contributed by atoms with van der Waals surface area (Å²) in [4.78, 5) is 0. The highest BCUT2D eigenvalue weighted by Gasteiger charge is 2.48. The molecule has 3 aliphatic rings. The van der Waals surface area contributed by atoms with Crippen LogP contribution in [-0.4, -0.2) is 15.9 Å². The number of aromatic nitrogens is 2. The van der Waals surface area contributed by atoms with Crippen LogP contribution in [0.5, 0.6) is 0 Å². The number of aryl methyl sites for hydroxylation is 1. The Hall–Kier alpha value is -4.96. The molecule has 3 aromatic heterocycles. The van der Waals surface area contributed by atoms with Crippen LogP contribution in [-0.2, 0) is 5.41 Å². The SMILES string of the molecule is Cc1cc2c3c(c1)-n1c4oc5ccccc5c4c4cccc(c41)B3n1c3c(c4cccc-2c41)-c1ccccc1C3(C)C. The van der Waals surface area contributed by atoms with E-state index < -0.39 is 0 Å². The topological polar surface area (TPSA) is 23.0 Å². The molecule has 3 nitrogen and oxygen atoms in total. The molecule has 0 N–H and O–H groups in total. The first-order valence-corrected chi connectivity index (χ1v) is 14.9. The zero-order chi connectivity index (χ0) is 27.6. The monoisotopic (exact) mass is 536 g/mol. The summed E-state index contributed by atoms with van der Waals surface area (Å²) in [7, 11) is 0. The normalized spacial score (nSPS) is 15.2. The highest BCUT2D eigenvalue weighted by molar-refractivity contribution is 6.89. The molecule has 0 spiro atoms. The summed E-state index contributed by atoms with van der Waals surface area (Å²) in [5.74, 6) is 0. The third-order valence-corrected chi connectivity index (χ3v) is 10.5. The van der Waals surface area contributed by atoms with E-state index in [0.717, 1.165) is 11.3 Å². The zero-order valence-electron chi connectivity index (χ0n) is 23.6. The largest absolute Gasteiger partial charge is 0.439 e. The van der Waals surface area contributed by atoms with Crippen molar-refractivity contribution in [1.29, 1.82) is 0 Å². The first kappa shape index (κ1) is 21.7. The molecule has 8 aromatic rings. The molecule has 4 heteroatoms. The average molecular weight is 536 g/mol. The lowest BCUT2D eigenvalue weighted by Gasteiger charge is -2.36. The van der Waals surface area contributed by atoms with E-state index in [4.69, 9.17) is 4.42 Å². The Morgan fingerprint density at radius 3 is 2.40 bits per heavy atom. The number of furan rings is 1. The number of rotatable bonds is 0. The Morgan fingerprint density at radius 1 is 0.714 bits per heavy atom. The van der Waals surface area contributed by atoms with Gasteiger partial charge in [-0.15, -0.1) is 0 Å². The molecule has 0 amide bonds. The lowest BCUT2D eigenvalue weighted by atomic mass is 9.45. The fourth-order valence-electron chi connectivity index (χ4n) is 9.01. The van der Waals surface area contributed by atoms with Gasteiger partial charge in [0, 0.05) is 49.6 Å². The number of benzene rings is 5. The van der Waals surface area contributed by atoms with E-state index >= 15 is 0 Å². The van der Waals surface area contributed by atoms with E-state index in [1.54, 1.807) is 0 Å². The summed E-state index contributed by atoms with van der Waals surface area (Å²) in [5, 5.41) is 5.02. The fraction of sp³-hybridized carbons (Fsp3) is 0.105. The summed E-state index contributed by atoms with van der Waals surface area (Å²) < 4.78 is 11.8. The van der Waals surface area contributed by atoms with E-state index in [2.05, 4.69) is 127 Å². The van der Waals surface area contributed by atoms with Gasteiger partial charge in [-0.05, 0) is 52.2 Å². The van der Waals surface area contributed by atoms with Gasteiger partial charge < -0.3 is 8.90 Å². The molecule has 0 saturated carbocycles. The molecule has 42 heavy (non-hydrogen) atoms. The maximum Gasteiger partial charge on any atom is 0.332 e. The van der Waals surface area contributed by atoms with Gasteiger partial charge in [0.25, 0.3) is 0 Å². The van der Waals surface area contributed by atoms with Gasteiger partial charge in [0.05, 0.1) is 10.9 Å². The fourth-order valence-corrected chi connectivity index (χ4v) is 9.01. The van der Waals surface area contributed by atoms with Crippen molar-refractivity contribution in [3.8, 4) is 27.9 Å². The maximum absolute atomic E-state index is 6.69. The highest BCUT2D eigenvalue weighted by atomic mass is 16.3. The Morgan fingerprint density at radius 2 is 1.48 bits per heavy atom. The second-order valence-electron chi connectivity index (χ2n) is 13.0. The predicted molar refractivity (Wildman–Crippen MR) is 174 cm³/mol. The third-order valence-electron chi connectivity index (χ3n) is 10.5. The Balaban J connectivity index is 1.39. The number of hydrogen-bond acceptors (Lipinski definition) is 1. The molecule has 0 bridgehead atoms. The summed E-state index contributed by atoms with van der Waals surface area (Å²) in [6.07, 6.45) is 0. The molecule has 5 heterocycles. The lowest BCUT2D eigenvalue weighted by molar-refractivity contribution is 0.632. The van der Waals surface area contributed by atoms with Crippen molar-refractivity contribution in [3.63, 3.8) is 0 Å². The predicted octanol–water partition coefficient (Wildman–Crippen LogP) is 8.05. The van der Waals surface area contributed by atoms with Crippen LogP contribution in [0.2, 0.25) is 0 Å². The highest BCUT2D eigenvalue weighted by Crippen LogP contribution is 2.55. The second-order valence-corrected chi connectivity index (χ2v) is 13.0. The Labute approximate surface area is 242 Å². The molecule has 5 aromatic carbocycles. The van der Waals surface area contributed by atoms with Gasteiger partial charge in [-0.1, -0.05) is 98.8 Å². The Bertz CT molecular complexity index is 2570. The van der Waals surface area contributed by atoms with Crippen molar-refractivity contribution < 1.29 is 4.42 Å². The summed E-state index contributed by atoms with van der Waals surface area (Å²) in [5.41, 5.74) is 17.9. The molecule has 0 unspecified atom stereocenters. The van der Waals surface area contributed by atoms with Crippen molar-refractivity contribution >= 4 is 61.6 Å². The molecule has 0 fully saturated rings. The van der Waals surface area contributed by atoms with Crippen LogP contribution in [0.15, 0.2) is 101 Å². The summed E-state index contributed by atoms with van der Waals surface area (Å²) >= 11 is 0. The number of nitrogens with zero attached hydrogens (tertiary/aromatic N) is 2. The van der Waals surface area contributed by atoms with Gasteiger partial charge in [0.2, 0.25) is 5.71 Å². The van der Waals surface area contributed by atoms with E-state index in [9.17, 15) is 0 Å². The molecule has 196 valence electrons. The molecular weight excluding hydrogens is 511 g/mol. The number of para-hydroxylation sites is 3. The van der Waals surface area contributed by atoms with Crippen molar-refractivity contribution in [2.45, 2.75) is 26.2 Å². The first-order chi connectivity index (χ1) is 20.5. The van der Waals surface area contributed by atoms with Crippen LogP contribution >= 0.6 is 0 Å². The first-order valence-electron chi connectivity index (χ1n) is 14.9. The van der Waals surface area contributed by atoms with Crippen LogP contribution in [0.25, 0.3) is 71.8 Å². The van der Waals surface area contributed by atoms with Crippen LogP contribution in [0.4, 0.5) is 0 Å². The number of fused-ring (bicyclic) bond motifs is 14. The van der Waals surface area contributed by atoms with Gasteiger partial charge in [-0.3, -0.25) is 4.57 Å². The van der Waals surface area contributed by atoms with E-state index in [-0.39, 0.29) is 12.3 Å². The summed E-state index contributed by atoms with van der Waals surface area (Å²) in [6, 6.07) is 36.1. The molecular formula is C38H25BN2O. The van der Waals surface area contributed by atoms with Crippen LogP contribution in [0.3, 0.4) is 0 Å². The van der Waals surface area contributed by atoms with Crippen LogP contribution in [0.1, 0.15) is 30.7 Å². The third kappa shape index (κ3) is 2.16. The van der Waals surface area contributed by atoms with Gasteiger partial charge >= 0.3 is 6.85 Å². The smallest absolute Gasteiger partial charge is 0.332 e. The Kier molecular flexibility index (Phi) is 3.49. The van der Waals surface area contributed by atoms with Crippen molar-refractivity contribution in [3.05, 3.63) is 114 Å². The maximum atomic E-state index is 6.69. The minimum Gasteiger partial charge on any atom is -0.439 e. The zero-order valence-corrected chi connectivity index (χ0v) is 23.6. The van der Waals surface area contributed by atoms with Crippen LogP contribution < -0.4 is 10.9 Å². The van der Waals surface area contributed by atoms with Gasteiger partial charge in [0.15, 0.2) is 0 Å². The molecule has 2 aliphatic heterocycles. The van der Waals surface area contributed by atoms with Gasteiger partial charge in [-0.2, -0.15) is 0 Å². The summed E-state index contributed by atoms with van der Waals surface area (Å²) in [6.45, 7) is 7.13. The lowest BCUT2D eigenvalue weighted by Crippen LogP contribution is -2.56. The van der Waals surface area contributed by atoms with Crippen molar-refractivity contribution in [2.24, 2.45) is 0 Å². The minimum absolute atomic E-state index is 0.0757. The minimum atomic E-state index is -0.123. The standard InChI is InChI=1S/C38H25BN2O/c1-20-18-26-21-12-8-13-24-31-22-10-4-6-15-27(22)38(2,3)36(31)41(34(21)24)39-28-16-9-14-25-32-23-11-5-7-17-30(23)42-37(32)40(35(25)28)29(19-20)33(26)39/h4-19H,1-3H3. The van der Waals surface area contributed by atoms with E-state index in [0.29, 0.717) is 0 Å². The van der Waals surface area contributed by atoms with Gasteiger partial charge in [-0.25, -0.2) is 0 Å². The number of hydrogen-bond donors (Lipinski definition) is 0.